The van der Waals surface area contributed by atoms with Crippen LogP contribution in [0.4, 0.5) is 5.69 Å². The molecule has 5 nitrogen and oxygen atoms in total. The number of benzene rings is 1. The highest BCUT2D eigenvalue weighted by Gasteiger charge is 2.23. The van der Waals surface area contributed by atoms with Crippen molar-refractivity contribution in [1.29, 1.82) is 0 Å². The zero-order chi connectivity index (χ0) is 17.0. The van der Waals surface area contributed by atoms with Gasteiger partial charge in [0.2, 0.25) is 10.0 Å². The van der Waals surface area contributed by atoms with Crippen molar-refractivity contribution in [2.45, 2.75) is 37.6 Å². The minimum Gasteiger partial charge on any atom is -0.381 e. The molecule has 1 aromatic carbocycles. The van der Waals surface area contributed by atoms with Crippen LogP contribution in [0.3, 0.4) is 0 Å². The molecule has 6 heteroatoms. The topological polar surface area (TPSA) is 71.1 Å². The lowest BCUT2D eigenvalue weighted by atomic mass is 10.1. The van der Waals surface area contributed by atoms with Crippen LogP contribution in [-0.2, 0) is 23.0 Å². The SMILES string of the molecule is CCNS(=O)(=O)c1ccc(CC2CC2)c(NCc2ccncc2)c1. The molecule has 2 aromatic rings. The number of rotatable bonds is 8. The Morgan fingerprint density at radius 1 is 1.17 bits per heavy atom. The van der Waals surface area contributed by atoms with E-state index in [-0.39, 0.29) is 0 Å². The van der Waals surface area contributed by atoms with E-state index < -0.39 is 10.0 Å². The molecule has 1 heterocycles. The van der Waals surface area contributed by atoms with Gasteiger partial charge in [-0.2, -0.15) is 0 Å². The van der Waals surface area contributed by atoms with Crippen LogP contribution >= 0.6 is 0 Å². The van der Waals surface area contributed by atoms with Gasteiger partial charge in [0, 0.05) is 31.2 Å². The predicted molar refractivity (Wildman–Crippen MR) is 95.3 cm³/mol. The fourth-order valence-corrected chi connectivity index (χ4v) is 3.74. The van der Waals surface area contributed by atoms with E-state index in [9.17, 15) is 8.42 Å². The van der Waals surface area contributed by atoms with Crippen LogP contribution in [0.1, 0.15) is 30.9 Å². The van der Waals surface area contributed by atoms with Crippen molar-refractivity contribution in [2.75, 3.05) is 11.9 Å². The second kappa shape index (κ2) is 7.32. The summed E-state index contributed by atoms with van der Waals surface area (Å²) in [4.78, 5) is 4.32. The van der Waals surface area contributed by atoms with Crippen molar-refractivity contribution in [3.8, 4) is 0 Å². The lowest BCUT2D eigenvalue weighted by Gasteiger charge is -2.14. The highest BCUT2D eigenvalue weighted by atomic mass is 32.2. The van der Waals surface area contributed by atoms with E-state index >= 15 is 0 Å². The van der Waals surface area contributed by atoms with Crippen molar-refractivity contribution < 1.29 is 8.42 Å². The van der Waals surface area contributed by atoms with Crippen LogP contribution in [0.2, 0.25) is 0 Å². The Bertz CT molecular complexity index is 787. The Labute approximate surface area is 143 Å². The van der Waals surface area contributed by atoms with E-state index in [1.165, 1.54) is 18.4 Å². The van der Waals surface area contributed by atoms with Crippen LogP contribution in [0.25, 0.3) is 0 Å². The third-order valence-corrected chi connectivity index (χ3v) is 5.71. The summed E-state index contributed by atoms with van der Waals surface area (Å²) < 4.78 is 27.1. The first-order valence-corrected chi connectivity index (χ1v) is 9.82. The third-order valence-electron chi connectivity index (χ3n) is 4.16. The maximum Gasteiger partial charge on any atom is 0.240 e. The highest BCUT2D eigenvalue weighted by molar-refractivity contribution is 7.89. The predicted octanol–water partition coefficient (Wildman–Crippen LogP) is 2.94. The number of hydrogen-bond acceptors (Lipinski definition) is 4. The molecule has 1 aliphatic carbocycles. The van der Waals surface area contributed by atoms with Crippen LogP contribution < -0.4 is 10.0 Å². The van der Waals surface area contributed by atoms with Gasteiger partial charge in [-0.25, -0.2) is 13.1 Å². The molecule has 0 amide bonds. The second-order valence-electron chi connectivity index (χ2n) is 6.18. The summed E-state index contributed by atoms with van der Waals surface area (Å²) in [6.45, 7) is 2.80. The molecule has 1 fully saturated rings. The van der Waals surface area contributed by atoms with Gasteiger partial charge in [0.1, 0.15) is 0 Å². The van der Waals surface area contributed by atoms with Gasteiger partial charge in [-0.15, -0.1) is 0 Å². The normalized spacial score (nSPS) is 14.5. The van der Waals surface area contributed by atoms with Gasteiger partial charge in [-0.1, -0.05) is 13.0 Å². The smallest absolute Gasteiger partial charge is 0.240 e. The Morgan fingerprint density at radius 2 is 1.92 bits per heavy atom. The lowest BCUT2D eigenvalue weighted by molar-refractivity contribution is 0.584. The summed E-state index contributed by atoms with van der Waals surface area (Å²) in [5.41, 5.74) is 3.20. The van der Waals surface area contributed by atoms with Crippen molar-refractivity contribution in [3.63, 3.8) is 0 Å². The first-order chi connectivity index (χ1) is 11.6. The van der Waals surface area contributed by atoms with E-state index in [1.54, 1.807) is 31.5 Å². The van der Waals surface area contributed by atoms with E-state index in [0.717, 1.165) is 23.6 Å². The maximum absolute atomic E-state index is 12.3. The molecule has 0 atom stereocenters. The van der Waals surface area contributed by atoms with Crippen LogP contribution in [-0.4, -0.2) is 19.9 Å². The van der Waals surface area contributed by atoms with E-state index in [4.69, 9.17) is 0 Å². The van der Waals surface area contributed by atoms with Crippen LogP contribution in [0.15, 0.2) is 47.6 Å². The largest absolute Gasteiger partial charge is 0.381 e. The molecule has 0 bridgehead atoms. The molecule has 0 aliphatic heterocycles. The van der Waals surface area contributed by atoms with Gasteiger partial charge in [0.25, 0.3) is 0 Å². The van der Waals surface area contributed by atoms with Gasteiger partial charge < -0.3 is 5.32 Å². The summed E-state index contributed by atoms with van der Waals surface area (Å²) in [6, 6.07) is 9.29. The van der Waals surface area contributed by atoms with Gasteiger partial charge >= 0.3 is 0 Å². The molecule has 2 N–H and O–H groups in total. The molecule has 128 valence electrons. The van der Waals surface area contributed by atoms with Crippen LogP contribution in [0.5, 0.6) is 0 Å². The number of nitrogens with one attached hydrogen (secondary N) is 2. The Kier molecular flexibility index (Phi) is 5.16. The van der Waals surface area contributed by atoms with Gasteiger partial charge in [-0.3, -0.25) is 4.98 Å². The molecule has 1 aliphatic rings. The first-order valence-electron chi connectivity index (χ1n) is 8.34. The zero-order valence-electron chi connectivity index (χ0n) is 13.8. The van der Waals surface area contributed by atoms with E-state index in [1.807, 2.05) is 18.2 Å². The zero-order valence-corrected chi connectivity index (χ0v) is 14.6. The van der Waals surface area contributed by atoms with Crippen molar-refractivity contribution in [2.24, 2.45) is 5.92 Å². The molecule has 0 spiro atoms. The summed E-state index contributed by atoms with van der Waals surface area (Å²) >= 11 is 0. The van der Waals surface area contributed by atoms with Gasteiger partial charge in [0.15, 0.2) is 0 Å². The van der Waals surface area contributed by atoms with Gasteiger partial charge in [-0.05, 0) is 60.6 Å². The standard InChI is InChI=1S/C18H23N3O2S/c1-2-21-24(22,23)17-6-5-16(11-14-3-4-14)18(12-17)20-13-15-7-9-19-10-8-15/h5-10,12,14,20-21H,2-4,11,13H2,1H3. The molecule has 3 rings (SSSR count). The van der Waals surface area contributed by atoms with Crippen LogP contribution in [0, 0.1) is 5.92 Å². The number of pyridine rings is 1. The fourth-order valence-electron chi connectivity index (χ4n) is 2.67. The molecule has 0 radical (unpaired) electrons. The number of hydrogen-bond donors (Lipinski definition) is 2. The molecule has 24 heavy (non-hydrogen) atoms. The Hall–Kier alpha value is -1.92. The summed E-state index contributed by atoms with van der Waals surface area (Å²) in [6.07, 6.45) is 7.05. The quantitative estimate of drug-likeness (QED) is 0.772. The van der Waals surface area contributed by atoms with Crippen molar-refractivity contribution >= 4 is 15.7 Å². The molecule has 1 aromatic heterocycles. The Morgan fingerprint density at radius 3 is 2.58 bits per heavy atom. The molecule has 0 unspecified atom stereocenters. The third kappa shape index (κ3) is 4.33. The molecule has 1 saturated carbocycles. The summed E-state index contributed by atoms with van der Waals surface area (Å²) in [7, 11) is -3.45. The fraction of sp³-hybridized carbons (Fsp3) is 0.389. The maximum atomic E-state index is 12.3. The number of anilines is 1. The Balaban J connectivity index is 1.84. The summed E-state index contributed by atoms with van der Waals surface area (Å²) in [5.74, 6) is 0.739. The molecule has 0 saturated heterocycles. The second-order valence-corrected chi connectivity index (χ2v) is 7.94. The average molecular weight is 345 g/mol. The first kappa shape index (κ1) is 16.9. The number of aromatic nitrogens is 1. The number of sulfonamides is 1. The van der Waals surface area contributed by atoms with Crippen molar-refractivity contribution in [3.05, 3.63) is 53.9 Å². The van der Waals surface area contributed by atoms with E-state index in [2.05, 4.69) is 15.0 Å². The van der Waals surface area contributed by atoms with E-state index in [0.29, 0.717) is 18.0 Å². The minimum absolute atomic E-state index is 0.307. The number of nitrogens with zero attached hydrogens (tertiary/aromatic N) is 1. The van der Waals surface area contributed by atoms with Crippen molar-refractivity contribution in [1.82, 2.24) is 9.71 Å². The highest BCUT2D eigenvalue weighted by Crippen LogP contribution is 2.35. The molecular weight excluding hydrogens is 322 g/mol. The average Bonchev–Trinajstić information content (AvgIpc) is 3.39. The summed E-state index contributed by atoms with van der Waals surface area (Å²) in [5, 5.41) is 3.40. The monoisotopic (exact) mass is 345 g/mol. The minimum atomic E-state index is -3.45. The van der Waals surface area contributed by atoms with Gasteiger partial charge in [0.05, 0.1) is 4.90 Å². The lowest BCUT2D eigenvalue weighted by Crippen LogP contribution is -2.23. The molecular formula is C18H23N3O2S.